The van der Waals surface area contributed by atoms with Gasteiger partial charge in [-0.3, -0.25) is 20.0 Å². The predicted molar refractivity (Wildman–Crippen MR) is 106 cm³/mol. The van der Waals surface area contributed by atoms with Gasteiger partial charge in [-0.15, -0.1) is 0 Å². The van der Waals surface area contributed by atoms with Crippen LogP contribution in [0.1, 0.15) is 34.1 Å². The fourth-order valence-electron chi connectivity index (χ4n) is 3.14. The van der Waals surface area contributed by atoms with E-state index < -0.39 is 5.54 Å². The largest absolute Gasteiger partial charge is 0.353 e. The van der Waals surface area contributed by atoms with Gasteiger partial charge in [-0.1, -0.05) is 6.08 Å². The number of hydrogen-bond acceptors (Lipinski definition) is 5. The van der Waals surface area contributed by atoms with E-state index in [2.05, 4.69) is 20.8 Å². The number of nitrogens with zero attached hydrogens (tertiary/aromatic N) is 4. The number of amides is 2. The van der Waals surface area contributed by atoms with Crippen molar-refractivity contribution in [1.29, 1.82) is 0 Å². The van der Waals surface area contributed by atoms with Gasteiger partial charge in [0.05, 0.1) is 23.5 Å². The zero-order chi connectivity index (χ0) is 19.3. The summed E-state index contributed by atoms with van der Waals surface area (Å²) in [7, 11) is 0. The van der Waals surface area contributed by atoms with E-state index >= 15 is 0 Å². The van der Waals surface area contributed by atoms with Gasteiger partial charge >= 0.3 is 0 Å². The van der Waals surface area contributed by atoms with Crippen molar-refractivity contribution in [3.63, 3.8) is 0 Å². The summed E-state index contributed by atoms with van der Waals surface area (Å²) >= 11 is 5.35. The molecule has 2 amide bonds. The second kappa shape index (κ2) is 8.39. The highest BCUT2D eigenvalue weighted by Gasteiger charge is 2.40. The number of aliphatic imine (C=N–C) groups is 1. The molecule has 0 radical (unpaired) electrons. The molecule has 0 aromatic heterocycles. The lowest BCUT2D eigenvalue weighted by Gasteiger charge is -2.43. The molecule has 9 heteroatoms. The molecule has 2 aliphatic rings. The average molecular weight is 379 g/mol. The number of hydrogen-bond donors (Lipinski definition) is 2. The van der Waals surface area contributed by atoms with Crippen molar-refractivity contribution in [3.05, 3.63) is 12.3 Å². The van der Waals surface area contributed by atoms with Crippen molar-refractivity contribution in [2.45, 2.75) is 39.7 Å². The Labute approximate surface area is 159 Å². The fourth-order valence-corrected chi connectivity index (χ4v) is 3.34. The van der Waals surface area contributed by atoms with Crippen LogP contribution in [0.5, 0.6) is 0 Å². The predicted octanol–water partition coefficient (Wildman–Crippen LogP) is 0.654. The highest BCUT2D eigenvalue weighted by atomic mass is 32.1. The molecular weight excluding hydrogens is 352 g/mol. The standard InChI is InChI=1S/C17H26N6O2S/c1-5-7-19-15-13(6-9-23(12(2)24)17(15,3)4)20-21-16(26)22-10-8-18-14(25)11-22/h5,7H,6,8-11H2,1-4H3,(H,18,25)(H,21,26)/b7-5-,19-15+,20-13-. The van der Waals surface area contributed by atoms with E-state index in [9.17, 15) is 9.59 Å². The van der Waals surface area contributed by atoms with Crippen LogP contribution in [0.3, 0.4) is 0 Å². The number of piperazine rings is 1. The highest BCUT2D eigenvalue weighted by Crippen LogP contribution is 2.24. The van der Waals surface area contributed by atoms with Crippen LogP contribution in [0.25, 0.3) is 0 Å². The highest BCUT2D eigenvalue weighted by molar-refractivity contribution is 7.80. The molecule has 0 aliphatic carbocycles. The summed E-state index contributed by atoms with van der Waals surface area (Å²) in [5.41, 5.74) is 3.80. The SMILES string of the molecule is C\C=C/N=C1\C(=N/NC(=S)N2CCNC(=O)C2)CCN(C(C)=O)C1(C)C. The summed E-state index contributed by atoms with van der Waals surface area (Å²) in [6.07, 6.45) is 4.11. The van der Waals surface area contributed by atoms with Gasteiger partial charge in [0.2, 0.25) is 11.8 Å². The van der Waals surface area contributed by atoms with Gasteiger partial charge in [0.25, 0.3) is 0 Å². The summed E-state index contributed by atoms with van der Waals surface area (Å²) in [6, 6.07) is 0. The van der Waals surface area contributed by atoms with Crippen LogP contribution in [-0.4, -0.2) is 69.9 Å². The van der Waals surface area contributed by atoms with E-state index in [-0.39, 0.29) is 18.4 Å². The molecule has 2 aliphatic heterocycles. The third kappa shape index (κ3) is 4.46. The maximum absolute atomic E-state index is 12.0. The third-order valence-corrected chi connectivity index (χ3v) is 4.79. The molecule has 2 rings (SSSR count). The number of hydrazone groups is 1. The summed E-state index contributed by atoms with van der Waals surface area (Å²) in [5, 5.41) is 7.62. The van der Waals surface area contributed by atoms with Gasteiger partial charge in [-0.05, 0) is 33.0 Å². The average Bonchev–Trinajstić information content (AvgIpc) is 2.57. The smallest absolute Gasteiger partial charge is 0.239 e. The molecule has 2 saturated heterocycles. The molecule has 2 N–H and O–H groups in total. The molecule has 0 spiro atoms. The molecule has 0 aromatic rings. The number of rotatable bonds is 2. The van der Waals surface area contributed by atoms with Crippen LogP contribution in [0.15, 0.2) is 22.4 Å². The van der Waals surface area contributed by atoms with Crippen molar-refractivity contribution >= 4 is 40.6 Å². The zero-order valence-electron chi connectivity index (χ0n) is 15.7. The lowest BCUT2D eigenvalue weighted by atomic mass is 9.86. The first kappa shape index (κ1) is 20.0. The number of thiocarbonyl (C=S) groups is 1. The van der Waals surface area contributed by atoms with E-state index in [1.807, 2.05) is 26.8 Å². The molecule has 2 heterocycles. The molecule has 0 aromatic carbocycles. The van der Waals surface area contributed by atoms with Gasteiger partial charge in [0.15, 0.2) is 5.11 Å². The van der Waals surface area contributed by atoms with Crippen LogP contribution in [0.4, 0.5) is 0 Å². The normalized spacial score (nSPS) is 23.5. The third-order valence-electron chi connectivity index (χ3n) is 4.44. The monoisotopic (exact) mass is 378 g/mol. The molecule has 0 unspecified atom stereocenters. The fraction of sp³-hybridized carbons (Fsp3) is 0.588. The Kier molecular flexibility index (Phi) is 6.47. The summed E-state index contributed by atoms with van der Waals surface area (Å²) in [4.78, 5) is 31.6. The first-order valence-electron chi connectivity index (χ1n) is 8.63. The summed E-state index contributed by atoms with van der Waals surface area (Å²) < 4.78 is 0. The molecule has 8 nitrogen and oxygen atoms in total. The number of carbonyl (C=O) groups is 2. The first-order valence-corrected chi connectivity index (χ1v) is 9.04. The van der Waals surface area contributed by atoms with Crippen LogP contribution < -0.4 is 10.7 Å². The minimum Gasteiger partial charge on any atom is -0.353 e. The molecule has 142 valence electrons. The second-order valence-corrected chi connectivity index (χ2v) is 7.07. The van der Waals surface area contributed by atoms with Crippen molar-refractivity contribution in [2.24, 2.45) is 10.1 Å². The minimum atomic E-state index is -0.573. The Hall–Kier alpha value is -2.29. The van der Waals surface area contributed by atoms with Gasteiger partial charge < -0.3 is 15.1 Å². The Bertz CT molecular complexity index is 683. The molecular formula is C17H26N6O2S. The zero-order valence-corrected chi connectivity index (χ0v) is 16.5. The van der Waals surface area contributed by atoms with E-state index in [4.69, 9.17) is 12.2 Å². The molecule has 2 fully saturated rings. The van der Waals surface area contributed by atoms with Crippen LogP contribution in [0, 0.1) is 0 Å². The van der Waals surface area contributed by atoms with E-state index in [0.29, 0.717) is 31.2 Å². The molecule has 0 bridgehead atoms. The van der Waals surface area contributed by atoms with Crippen LogP contribution >= 0.6 is 12.2 Å². The Morgan fingerprint density at radius 1 is 1.38 bits per heavy atom. The van der Waals surface area contributed by atoms with E-state index in [0.717, 1.165) is 11.4 Å². The number of likely N-dealkylation sites (tertiary alicyclic amines) is 1. The van der Waals surface area contributed by atoms with Gasteiger partial charge in [0.1, 0.15) is 0 Å². The maximum Gasteiger partial charge on any atom is 0.239 e. The van der Waals surface area contributed by atoms with Crippen molar-refractivity contribution < 1.29 is 9.59 Å². The van der Waals surface area contributed by atoms with Crippen molar-refractivity contribution in [3.8, 4) is 0 Å². The Balaban J connectivity index is 2.20. The number of nitrogens with one attached hydrogen (secondary N) is 2. The number of allylic oxidation sites excluding steroid dienone is 1. The molecule has 26 heavy (non-hydrogen) atoms. The Morgan fingerprint density at radius 3 is 2.73 bits per heavy atom. The number of piperidine rings is 1. The van der Waals surface area contributed by atoms with Gasteiger partial charge in [0, 0.05) is 39.2 Å². The van der Waals surface area contributed by atoms with Crippen molar-refractivity contribution in [1.82, 2.24) is 20.5 Å². The Morgan fingerprint density at radius 2 is 2.12 bits per heavy atom. The van der Waals surface area contributed by atoms with Crippen LogP contribution in [0.2, 0.25) is 0 Å². The minimum absolute atomic E-state index is 0.00466. The van der Waals surface area contributed by atoms with E-state index in [1.54, 1.807) is 22.9 Å². The lowest BCUT2D eigenvalue weighted by Crippen LogP contribution is -2.59. The first-order chi connectivity index (χ1) is 12.3. The number of carbonyl (C=O) groups excluding carboxylic acids is 2. The topological polar surface area (TPSA) is 89.4 Å². The van der Waals surface area contributed by atoms with Crippen molar-refractivity contribution in [2.75, 3.05) is 26.2 Å². The second-order valence-electron chi connectivity index (χ2n) is 6.69. The molecule has 0 saturated carbocycles. The quantitative estimate of drug-likeness (QED) is 0.544. The summed E-state index contributed by atoms with van der Waals surface area (Å²) in [6.45, 7) is 9.35. The van der Waals surface area contributed by atoms with Gasteiger partial charge in [-0.2, -0.15) is 5.10 Å². The van der Waals surface area contributed by atoms with Gasteiger partial charge in [-0.25, -0.2) is 0 Å². The van der Waals surface area contributed by atoms with Crippen LogP contribution in [-0.2, 0) is 9.59 Å². The molecule has 0 atom stereocenters. The summed E-state index contributed by atoms with van der Waals surface area (Å²) in [5.74, 6) is -0.0516. The maximum atomic E-state index is 12.0. The van der Waals surface area contributed by atoms with E-state index in [1.165, 1.54) is 0 Å². The lowest BCUT2D eigenvalue weighted by molar-refractivity contribution is -0.132.